The first kappa shape index (κ1) is 29.0. The summed E-state index contributed by atoms with van der Waals surface area (Å²) in [5, 5.41) is 3.21. The number of carbonyl (C=O) groups excluding carboxylic acids is 1. The maximum Gasteiger partial charge on any atom is 0.215 e. The summed E-state index contributed by atoms with van der Waals surface area (Å²) in [6.07, 6.45) is 12.7. The molecule has 210 valence electrons. The highest BCUT2D eigenvalue weighted by molar-refractivity contribution is 9.10. The third-order valence-electron chi connectivity index (χ3n) is 6.39. The summed E-state index contributed by atoms with van der Waals surface area (Å²) in [6.45, 7) is 0. The van der Waals surface area contributed by atoms with Crippen LogP contribution < -0.4 is 10.2 Å². The number of nitrogens with one attached hydrogen (secondary N) is 1. The highest BCUT2D eigenvalue weighted by Crippen LogP contribution is 2.25. The zero-order valence-corrected chi connectivity index (χ0v) is 26.2. The number of carbonyl (C=O) groups is 1. The molecule has 4 heterocycles. The van der Waals surface area contributed by atoms with Crippen molar-refractivity contribution in [2.24, 2.45) is 0 Å². The fourth-order valence-corrected chi connectivity index (χ4v) is 5.09. The van der Waals surface area contributed by atoms with Gasteiger partial charge in [0.2, 0.25) is 6.41 Å². The lowest BCUT2D eigenvalue weighted by Crippen LogP contribution is -2.16. The van der Waals surface area contributed by atoms with Gasteiger partial charge >= 0.3 is 0 Å². The maximum atomic E-state index is 11.2. The number of halogens is 2. The molecule has 0 unspecified atom stereocenters. The first-order chi connectivity index (χ1) is 20.5. The topological polar surface area (TPSA) is 66.9 Å². The van der Waals surface area contributed by atoms with Gasteiger partial charge in [0.05, 0.1) is 0 Å². The Morgan fingerprint density at radius 2 is 1.19 bits per heavy atom. The van der Waals surface area contributed by atoms with Gasteiger partial charge in [-0.1, -0.05) is 72.8 Å². The number of benzene rings is 2. The molecule has 0 aliphatic carbocycles. The van der Waals surface area contributed by atoms with Gasteiger partial charge in [-0.25, -0.2) is 9.97 Å². The van der Waals surface area contributed by atoms with Crippen molar-refractivity contribution >= 4 is 85.5 Å². The van der Waals surface area contributed by atoms with Gasteiger partial charge in [0, 0.05) is 35.4 Å². The van der Waals surface area contributed by atoms with Gasteiger partial charge in [0.1, 0.15) is 34.3 Å². The van der Waals surface area contributed by atoms with Crippen LogP contribution in [-0.2, 0) is 4.79 Å². The van der Waals surface area contributed by atoms with Crippen molar-refractivity contribution in [3.05, 3.63) is 129 Å². The summed E-state index contributed by atoms with van der Waals surface area (Å²) >= 11 is 6.94. The molecular weight excluding hydrogens is 656 g/mol. The van der Waals surface area contributed by atoms with Crippen molar-refractivity contribution in [1.82, 2.24) is 18.8 Å². The van der Waals surface area contributed by atoms with Crippen LogP contribution in [0.2, 0.25) is 0 Å². The molecule has 6 aromatic rings. The van der Waals surface area contributed by atoms with Crippen LogP contribution in [0.5, 0.6) is 0 Å². The number of hydrogen-bond donors (Lipinski definition) is 1. The van der Waals surface area contributed by atoms with Gasteiger partial charge in [0.15, 0.2) is 0 Å². The number of nitrogens with zero attached hydrogens (tertiary/aromatic N) is 5. The lowest BCUT2D eigenvalue weighted by molar-refractivity contribution is -0.107. The Bertz CT molecular complexity index is 1880. The highest BCUT2D eigenvalue weighted by Gasteiger charge is 2.14. The minimum Gasteiger partial charge on any atom is -0.372 e. The normalized spacial score (nSPS) is 11.2. The molecule has 0 aliphatic heterocycles. The monoisotopic (exact) mass is 682 g/mol. The summed E-state index contributed by atoms with van der Waals surface area (Å²) in [7, 11) is 3.63. The Morgan fingerprint density at radius 3 is 1.74 bits per heavy atom. The van der Waals surface area contributed by atoms with E-state index in [1.165, 1.54) is 4.90 Å². The molecule has 2 aromatic carbocycles. The fourth-order valence-electron chi connectivity index (χ4n) is 4.42. The van der Waals surface area contributed by atoms with E-state index in [-0.39, 0.29) is 0 Å². The first-order valence-corrected chi connectivity index (χ1v) is 14.7. The van der Waals surface area contributed by atoms with Crippen LogP contribution in [0.15, 0.2) is 106 Å². The SMILES string of the molecule is CN(C=O)c1c(/C=C/c2ccccc2)nc2ccc(Br)cn12.CNc1c(/C=C/c2ccccc2)nc2ccc(Br)cn12. The molecule has 0 saturated carbocycles. The second-order valence-electron chi connectivity index (χ2n) is 9.27. The summed E-state index contributed by atoms with van der Waals surface area (Å²) in [5.74, 6) is 1.71. The van der Waals surface area contributed by atoms with Crippen molar-refractivity contribution in [3.63, 3.8) is 0 Å². The second-order valence-corrected chi connectivity index (χ2v) is 11.1. The number of aromatic nitrogens is 4. The third kappa shape index (κ3) is 6.70. The number of hydrogen-bond acceptors (Lipinski definition) is 4. The molecule has 0 saturated heterocycles. The lowest BCUT2D eigenvalue weighted by Gasteiger charge is -2.11. The smallest absolute Gasteiger partial charge is 0.215 e. The molecule has 0 radical (unpaired) electrons. The van der Waals surface area contributed by atoms with E-state index in [9.17, 15) is 4.79 Å². The maximum absolute atomic E-state index is 11.2. The van der Waals surface area contributed by atoms with Crippen LogP contribution in [0, 0.1) is 0 Å². The van der Waals surface area contributed by atoms with Gasteiger partial charge in [-0.05, 0) is 79.4 Å². The minimum absolute atomic E-state index is 0.735. The Labute approximate surface area is 261 Å². The molecule has 9 heteroatoms. The molecule has 6 rings (SSSR count). The van der Waals surface area contributed by atoms with E-state index >= 15 is 0 Å². The van der Waals surface area contributed by atoms with Gasteiger partial charge in [-0.2, -0.15) is 0 Å². The largest absolute Gasteiger partial charge is 0.372 e. The summed E-state index contributed by atoms with van der Waals surface area (Å²) < 4.78 is 5.88. The van der Waals surface area contributed by atoms with E-state index in [1.54, 1.807) is 7.05 Å². The predicted octanol–water partition coefficient (Wildman–Crippen LogP) is 8.17. The molecule has 0 fully saturated rings. The number of pyridine rings is 2. The molecule has 42 heavy (non-hydrogen) atoms. The van der Waals surface area contributed by atoms with Crippen molar-refractivity contribution in [3.8, 4) is 0 Å². The lowest BCUT2D eigenvalue weighted by atomic mass is 10.2. The van der Waals surface area contributed by atoms with Gasteiger partial charge in [0.25, 0.3) is 0 Å². The standard InChI is InChI=1S/C17H14BrN3O.C16H14BrN3/c1-20(12-22)17-15(9-7-13-5-3-2-4-6-13)19-16-10-8-14(18)11-21(16)17;1-18-16-14(9-7-12-5-3-2-4-6-12)19-15-10-8-13(17)11-20(15)16/h2-12H,1H3;2-11,18H,1H3/b2*9-7+. The average Bonchev–Trinajstić information content (AvgIpc) is 3.56. The zero-order chi connectivity index (χ0) is 29.5. The van der Waals surface area contributed by atoms with Crippen LogP contribution in [0.25, 0.3) is 35.6 Å². The molecule has 7 nitrogen and oxygen atoms in total. The van der Waals surface area contributed by atoms with Crippen LogP contribution in [0.1, 0.15) is 22.5 Å². The Balaban J connectivity index is 0.000000169. The van der Waals surface area contributed by atoms with E-state index in [1.807, 2.05) is 119 Å². The van der Waals surface area contributed by atoms with Crippen molar-refractivity contribution in [2.75, 3.05) is 24.3 Å². The molecule has 0 atom stereocenters. The van der Waals surface area contributed by atoms with Gasteiger partial charge in [-0.15, -0.1) is 0 Å². The molecular formula is C33H28Br2N6O. The molecule has 0 aliphatic rings. The summed E-state index contributed by atoms with van der Waals surface area (Å²) in [6, 6.07) is 28.0. The predicted molar refractivity (Wildman–Crippen MR) is 181 cm³/mol. The second kappa shape index (κ2) is 13.5. The van der Waals surface area contributed by atoms with Crippen LogP contribution >= 0.6 is 31.9 Å². The quantitative estimate of drug-likeness (QED) is 0.173. The van der Waals surface area contributed by atoms with Crippen LogP contribution in [0.4, 0.5) is 11.6 Å². The van der Waals surface area contributed by atoms with Gasteiger partial charge < -0.3 is 10.2 Å². The van der Waals surface area contributed by atoms with Crippen LogP contribution in [0.3, 0.4) is 0 Å². The molecule has 4 aromatic heterocycles. The van der Waals surface area contributed by atoms with E-state index in [4.69, 9.17) is 0 Å². The molecule has 1 amide bonds. The number of fused-ring (bicyclic) bond motifs is 2. The number of imidazole rings is 2. The van der Waals surface area contributed by atoms with Crippen LogP contribution in [-0.4, -0.2) is 39.3 Å². The van der Waals surface area contributed by atoms with E-state index < -0.39 is 0 Å². The van der Waals surface area contributed by atoms with Crippen molar-refractivity contribution in [1.29, 1.82) is 0 Å². The number of amides is 1. The molecule has 0 bridgehead atoms. The highest BCUT2D eigenvalue weighted by atomic mass is 79.9. The first-order valence-electron chi connectivity index (χ1n) is 13.1. The van der Waals surface area contributed by atoms with Gasteiger partial charge in [-0.3, -0.25) is 13.6 Å². The third-order valence-corrected chi connectivity index (χ3v) is 7.33. The Morgan fingerprint density at radius 1 is 0.690 bits per heavy atom. The number of anilines is 2. The molecule has 1 N–H and O–H groups in total. The average molecular weight is 684 g/mol. The fraction of sp³-hybridized carbons (Fsp3) is 0.0606. The van der Waals surface area contributed by atoms with E-state index in [2.05, 4.69) is 65.4 Å². The van der Waals surface area contributed by atoms with Crippen molar-refractivity contribution in [2.45, 2.75) is 0 Å². The summed E-state index contributed by atoms with van der Waals surface area (Å²) in [5.41, 5.74) is 5.63. The Hall–Kier alpha value is -4.47. The Kier molecular flexibility index (Phi) is 9.31. The van der Waals surface area contributed by atoms with E-state index in [0.29, 0.717) is 0 Å². The summed E-state index contributed by atoms with van der Waals surface area (Å²) in [4.78, 5) is 22.0. The van der Waals surface area contributed by atoms with E-state index in [0.717, 1.165) is 60.8 Å². The molecule has 0 spiro atoms. The minimum atomic E-state index is 0.735. The zero-order valence-electron chi connectivity index (χ0n) is 23.0. The van der Waals surface area contributed by atoms with Crippen molar-refractivity contribution < 1.29 is 4.79 Å². The number of rotatable bonds is 7.